The van der Waals surface area contributed by atoms with E-state index in [2.05, 4.69) is 54.0 Å². The van der Waals surface area contributed by atoms with Crippen molar-refractivity contribution in [1.82, 2.24) is 9.63 Å². The number of carbonyl (C=O) groups is 1. The molecule has 0 aliphatic rings. The second-order valence-corrected chi connectivity index (χ2v) is 10.5. The van der Waals surface area contributed by atoms with Crippen molar-refractivity contribution in [2.24, 2.45) is 0 Å². The molecule has 0 radical (unpaired) electrons. The first-order chi connectivity index (χ1) is 16.1. The third kappa shape index (κ3) is 6.02. The van der Waals surface area contributed by atoms with Gasteiger partial charge in [0.25, 0.3) is 0 Å². The number of amides is 1. The van der Waals surface area contributed by atoms with E-state index < -0.39 is 8.80 Å². The first-order valence-electron chi connectivity index (χ1n) is 11.9. The molecule has 180 valence electrons. The number of hydroxylamine groups is 2. The number of benzene rings is 2. The Morgan fingerprint density at radius 3 is 2.21 bits per heavy atom. The fourth-order valence-electron chi connectivity index (χ4n) is 4.29. The lowest BCUT2D eigenvalue weighted by atomic mass is 10.1. The normalized spacial score (nSPS) is 12.0. The highest BCUT2D eigenvalue weighted by molar-refractivity contribution is 6.60. The van der Waals surface area contributed by atoms with Gasteiger partial charge in [0.1, 0.15) is 6.61 Å². The Kier molecular flexibility index (Phi) is 9.46. The van der Waals surface area contributed by atoms with Crippen molar-refractivity contribution in [2.75, 3.05) is 26.4 Å². The van der Waals surface area contributed by atoms with E-state index in [0.717, 1.165) is 18.5 Å². The minimum absolute atomic E-state index is 0.325. The fraction of sp³-hybridized carbons (Fsp3) is 0.480. The number of fused-ring (bicyclic) bond motifs is 3. The molecule has 0 N–H and O–H groups in total. The van der Waals surface area contributed by atoms with E-state index in [1.54, 1.807) is 0 Å². The Morgan fingerprint density at radius 2 is 1.58 bits per heavy atom. The second kappa shape index (κ2) is 12.3. The summed E-state index contributed by atoms with van der Waals surface area (Å²) in [5, 5.41) is 3.78. The average molecular weight is 473 g/mol. The van der Waals surface area contributed by atoms with Crippen LogP contribution < -0.4 is 0 Å². The molecule has 3 rings (SSSR count). The quantitative estimate of drug-likeness (QED) is 0.174. The Labute approximate surface area is 197 Å². The van der Waals surface area contributed by atoms with Gasteiger partial charge in [-0.15, -0.1) is 0 Å². The van der Waals surface area contributed by atoms with E-state index in [4.69, 9.17) is 18.1 Å². The molecule has 7 nitrogen and oxygen atoms in total. The number of hydrogen-bond acceptors (Lipinski definition) is 5. The first kappa shape index (κ1) is 25.4. The third-order valence-electron chi connectivity index (χ3n) is 5.62. The minimum Gasteiger partial charge on any atom is -0.374 e. The zero-order valence-electron chi connectivity index (χ0n) is 20.2. The summed E-state index contributed by atoms with van der Waals surface area (Å²) in [6.07, 6.45) is 1.40. The number of aryl methyl sites for hydroxylation is 1. The maximum absolute atomic E-state index is 11.6. The molecule has 3 aromatic rings. The van der Waals surface area contributed by atoms with Crippen molar-refractivity contribution in [1.29, 1.82) is 0 Å². The topological polar surface area (TPSA) is 62.2 Å². The van der Waals surface area contributed by atoms with Crippen LogP contribution in [0.15, 0.2) is 42.5 Å². The van der Waals surface area contributed by atoms with Crippen LogP contribution in [0.1, 0.15) is 39.7 Å². The van der Waals surface area contributed by atoms with Crippen molar-refractivity contribution < 1.29 is 22.9 Å². The predicted molar refractivity (Wildman–Crippen MR) is 133 cm³/mol. The molecule has 1 heterocycles. The molecule has 33 heavy (non-hydrogen) atoms. The summed E-state index contributed by atoms with van der Waals surface area (Å²) < 4.78 is 20.0. The van der Waals surface area contributed by atoms with Gasteiger partial charge >= 0.3 is 8.80 Å². The van der Waals surface area contributed by atoms with Crippen molar-refractivity contribution in [3.63, 3.8) is 0 Å². The number of rotatable bonds is 15. The fourth-order valence-corrected chi connectivity index (χ4v) is 6.88. The summed E-state index contributed by atoms with van der Waals surface area (Å²) in [6, 6.07) is 15.4. The standard InChI is InChI=1S/C25H36N2O5Si/c1-5-27-24-13-10-9-12-22(24)23-18-21(14-15-25(23)27)19-29-26(20-28)16-11-17-33(30-6-2,31-7-3)32-8-4/h9-10,12-15,18,20H,5-8,11,16-17,19H2,1-4H3. The highest BCUT2D eigenvalue weighted by atomic mass is 28.4. The molecular weight excluding hydrogens is 436 g/mol. The van der Waals surface area contributed by atoms with Gasteiger partial charge in [-0.25, -0.2) is 5.06 Å². The van der Waals surface area contributed by atoms with E-state index >= 15 is 0 Å². The molecule has 0 atom stereocenters. The third-order valence-corrected chi connectivity index (χ3v) is 8.77. The van der Waals surface area contributed by atoms with Crippen LogP contribution in [0.2, 0.25) is 6.04 Å². The smallest absolute Gasteiger partial charge is 0.374 e. The highest BCUT2D eigenvalue weighted by Crippen LogP contribution is 2.30. The van der Waals surface area contributed by atoms with Gasteiger partial charge in [-0.1, -0.05) is 24.3 Å². The molecule has 0 aliphatic heterocycles. The van der Waals surface area contributed by atoms with Crippen molar-refractivity contribution >= 4 is 37.0 Å². The summed E-state index contributed by atoms with van der Waals surface area (Å²) in [5.41, 5.74) is 3.46. The number of hydrogen-bond donors (Lipinski definition) is 0. The van der Waals surface area contributed by atoms with Crippen LogP contribution in [0.4, 0.5) is 0 Å². The average Bonchev–Trinajstić information content (AvgIpc) is 3.15. The van der Waals surface area contributed by atoms with Crippen LogP contribution in [0.5, 0.6) is 0 Å². The lowest BCUT2D eigenvalue weighted by Crippen LogP contribution is -2.46. The molecule has 8 heteroatoms. The van der Waals surface area contributed by atoms with Gasteiger partial charge in [0.15, 0.2) is 0 Å². The Bertz CT molecular complexity index is 1020. The van der Waals surface area contributed by atoms with Crippen LogP contribution in [0.3, 0.4) is 0 Å². The summed E-state index contributed by atoms with van der Waals surface area (Å²) in [5.74, 6) is 0. The molecule has 0 aliphatic carbocycles. The molecule has 0 bridgehead atoms. The number of nitrogens with zero attached hydrogens (tertiary/aromatic N) is 2. The summed E-state index contributed by atoms with van der Waals surface area (Å²) >= 11 is 0. The molecule has 0 spiro atoms. The van der Waals surface area contributed by atoms with Crippen LogP contribution in [0.25, 0.3) is 21.8 Å². The molecular formula is C25H36N2O5Si. The van der Waals surface area contributed by atoms with E-state index in [1.165, 1.54) is 26.9 Å². The Balaban J connectivity index is 1.64. The van der Waals surface area contributed by atoms with Crippen molar-refractivity contribution in [3.8, 4) is 0 Å². The maximum atomic E-state index is 11.6. The highest BCUT2D eigenvalue weighted by Gasteiger charge is 2.39. The number of carbonyl (C=O) groups excluding carboxylic acids is 1. The first-order valence-corrected chi connectivity index (χ1v) is 13.8. The monoisotopic (exact) mass is 472 g/mol. The molecule has 0 saturated carbocycles. The predicted octanol–water partition coefficient (Wildman–Crippen LogP) is 5.14. The van der Waals surface area contributed by atoms with Gasteiger partial charge < -0.3 is 17.8 Å². The molecule has 2 aromatic carbocycles. The van der Waals surface area contributed by atoms with E-state index in [9.17, 15) is 4.79 Å². The Morgan fingerprint density at radius 1 is 0.909 bits per heavy atom. The van der Waals surface area contributed by atoms with Gasteiger partial charge in [-0.05, 0) is 57.9 Å². The van der Waals surface area contributed by atoms with Crippen LogP contribution >= 0.6 is 0 Å². The van der Waals surface area contributed by atoms with E-state index in [0.29, 0.717) is 45.4 Å². The summed E-state index contributed by atoms with van der Waals surface area (Å²) in [7, 11) is -2.72. The maximum Gasteiger partial charge on any atom is 0.500 e. The molecule has 1 amide bonds. The summed E-state index contributed by atoms with van der Waals surface area (Å²) in [4.78, 5) is 17.4. The van der Waals surface area contributed by atoms with Gasteiger partial charge in [-0.3, -0.25) is 9.63 Å². The number of para-hydroxylation sites is 1. The van der Waals surface area contributed by atoms with Crippen molar-refractivity contribution in [2.45, 2.75) is 53.3 Å². The SMILES string of the molecule is CCO[Si](CCCN(C=O)OCc1ccc2c(c1)c1ccccc1n2CC)(OCC)OCC. The van der Waals surface area contributed by atoms with E-state index in [1.807, 2.05) is 20.8 Å². The number of aromatic nitrogens is 1. The minimum atomic E-state index is -2.72. The lowest BCUT2D eigenvalue weighted by molar-refractivity contribution is -0.177. The van der Waals surface area contributed by atoms with Crippen LogP contribution in [0, 0.1) is 0 Å². The van der Waals surface area contributed by atoms with Crippen molar-refractivity contribution in [3.05, 3.63) is 48.0 Å². The van der Waals surface area contributed by atoms with Gasteiger partial charge in [0.05, 0.1) is 0 Å². The molecule has 1 aromatic heterocycles. The van der Waals surface area contributed by atoms with Crippen LogP contribution in [-0.4, -0.2) is 51.2 Å². The van der Waals surface area contributed by atoms with Gasteiger partial charge in [0.2, 0.25) is 6.41 Å². The molecule has 0 unspecified atom stereocenters. The zero-order chi connectivity index (χ0) is 23.7. The molecule has 0 fully saturated rings. The zero-order valence-corrected chi connectivity index (χ0v) is 21.2. The second-order valence-electron chi connectivity index (χ2n) is 7.72. The summed E-state index contributed by atoms with van der Waals surface area (Å²) in [6.45, 7) is 11.3. The van der Waals surface area contributed by atoms with Crippen LogP contribution in [-0.2, 0) is 36.1 Å². The van der Waals surface area contributed by atoms with Gasteiger partial charge in [0, 0.05) is 60.8 Å². The largest absolute Gasteiger partial charge is 0.500 e. The van der Waals surface area contributed by atoms with E-state index in [-0.39, 0.29) is 0 Å². The Hall–Kier alpha value is -2.23. The van der Waals surface area contributed by atoms with Gasteiger partial charge in [-0.2, -0.15) is 0 Å². The lowest BCUT2D eigenvalue weighted by Gasteiger charge is -2.29. The molecule has 0 saturated heterocycles.